The minimum atomic E-state index is -3.74. The van der Waals surface area contributed by atoms with Crippen LogP contribution < -0.4 is 4.72 Å². The van der Waals surface area contributed by atoms with Crippen molar-refractivity contribution < 1.29 is 13.5 Å². The molecule has 1 aromatic rings. The number of sulfonamides is 1. The van der Waals surface area contributed by atoms with E-state index in [0.717, 1.165) is 6.07 Å². The van der Waals surface area contributed by atoms with Gasteiger partial charge >= 0.3 is 0 Å². The molecule has 0 amide bonds. The third-order valence-corrected chi connectivity index (χ3v) is 3.49. The van der Waals surface area contributed by atoms with E-state index in [-0.39, 0.29) is 14.9 Å². The molecule has 0 aromatic heterocycles. The Balaban J connectivity index is 3.50. The van der Waals surface area contributed by atoms with Gasteiger partial charge in [-0.15, -0.1) is 0 Å². The van der Waals surface area contributed by atoms with Gasteiger partial charge in [0, 0.05) is 5.02 Å². The Labute approximate surface area is 91.5 Å². The van der Waals surface area contributed by atoms with Gasteiger partial charge in [0.25, 0.3) is 0 Å². The molecule has 14 heavy (non-hydrogen) atoms. The molecule has 0 bridgehead atoms. The van der Waals surface area contributed by atoms with Crippen molar-refractivity contribution in [2.24, 2.45) is 0 Å². The van der Waals surface area contributed by atoms with Crippen molar-refractivity contribution in [2.45, 2.75) is 4.90 Å². The zero-order chi connectivity index (χ0) is 10.9. The van der Waals surface area contributed by atoms with Crippen LogP contribution in [0.15, 0.2) is 17.0 Å². The molecular weight excluding hydrogens is 249 g/mol. The van der Waals surface area contributed by atoms with Crippen LogP contribution in [0.4, 0.5) is 0 Å². The molecule has 0 saturated heterocycles. The van der Waals surface area contributed by atoms with Gasteiger partial charge in [0.2, 0.25) is 10.0 Å². The van der Waals surface area contributed by atoms with Crippen molar-refractivity contribution in [3.63, 3.8) is 0 Å². The van der Waals surface area contributed by atoms with E-state index in [2.05, 4.69) is 0 Å². The summed E-state index contributed by atoms with van der Waals surface area (Å²) in [7, 11) is -2.52. The molecule has 0 atom stereocenters. The highest BCUT2D eigenvalue weighted by atomic mass is 35.5. The Hall–Kier alpha value is -0.490. The quantitative estimate of drug-likeness (QED) is 0.844. The van der Waals surface area contributed by atoms with E-state index in [1.54, 1.807) is 0 Å². The van der Waals surface area contributed by atoms with E-state index in [0.29, 0.717) is 0 Å². The van der Waals surface area contributed by atoms with Gasteiger partial charge in [0.1, 0.15) is 4.90 Å². The Morgan fingerprint density at radius 3 is 2.43 bits per heavy atom. The minimum absolute atomic E-state index is 0.105. The summed E-state index contributed by atoms with van der Waals surface area (Å²) in [4.78, 5) is -0.336. The maximum Gasteiger partial charge on any atom is 0.244 e. The van der Waals surface area contributed by atoms with E-state index in [1.807, 2.05) is 4.72 Å². The van der Waals surface area contributed by atoms with Crippen LogP contribution in [0, 0.1) is 0 Å². The van der Waals surface area contributed by atoms with Gasteiger partial charge in [-0.1, -0.05) is 23.2 Å². The molecule has 0 aliphatic heterocycles. The highest BCUT2D eigenvalue weighted by molar-refractivity contribution is 7.89. The monoisotopic (exact) mass is 255 g/mol. The summed E-state index contributed by atoms with van der Waals surface area (Å²) in [6, 6.07) is 2.38. The number of aromatic hydroxyl groups is 1. The second kappa shape index (κ2) is 3.94. The smallest absolute Gasteiger partial charge is 0.244 e. The van der Waals surface area contributed by atoms with Crippen LogP contribution in [0.5, 0.6) is 5.75 Å². The van der Waals surface area contributed by atoms with E-state index >= 15 is 0 Å². The van der Waals surface area contributed by atoms with Gasteiger partial charge in [0.15, 0.2) is 5.75 Å². The maximum absolute atomic E-state index is 11.3. The predicted molar refractivity (Wildman–Crippen MR) is 54.4 cm³/mol. The summed E-state index contributed by atoms with van der Waals surface area (Å²) in [5.41, 5.74) is 0. The van der Waals surface area contributed by atoms with Crippen molar-refractivity contribution >= 4 is 33.2 Å². The lowest BCUT2D eigenvalue weighted by Crippen LogP contribution is -2.18. The normalized spacial score (nSPS) is 11.6. The Bertz CT molecular complexity index is 458. The van der Waals surface area contributed by atoms with Gasteiger partial charge < -0.3 is 5.11 Å². The molecule has 0 radical (unpaired) electrons. The lowest BCUT2D eigenvalue weighted by Gasteiger charge is -2.06. The second-order valence-electron chi connectivity index (χ2n) is 2.44. The fourth-order valence-electron chi connectivity index (χ4n) is 0.857. The third-order valence-electron chi connectivity index (χ3n) is 1.55. The summed E-state index contributed by atoms with van der Waals surface area (Å²) in [5, 5.41) is 9.41. The van der Waals surface area contributed by atoms with Crippen molar-refractivity contribution in [3.8, 4) is 5.75 Å². The van der Waals surface area contributed by atoms with Crippen molar-refractivity contribution in [1.29, 1.82) is 0 Å². The van der Waals surface area contributed by atoms with Crippen molar-refractivity contribution in [1.82, 2.24) is 4.72 Å². The van der Waals surface area contributed by atoms with Gasteiger partial charge in [-0.3, -0.25) is 0 Å². The zero-order valence-corrected chi connectivity index (χ0v) is 9.41. The minimum Gasteiger partial charge on any atom is -0.505 e. The number of phenols is 1. The van der Waals surface area contributed by atoms with Crippen LogP contribution in [0.2, 0.25) is 10.0 Å². The third kappa shape index (κ3) is 2.12. The maximum atomic E-state index is 11.3. The number of nitrogens with one attached hydrogen (secondary N) is 1. The van der Waals surface area contributed by atoms with Gasteiger partial charge in [-0.05, 0) is 19.2 Å². The average Bonchev–Trinajstić information content (AvgIpc) is 2.11. The molecule has 78 valence electrons. The Morgan fingerprint density at radius 1 is 1.36 bits per heavy atom. The van der Waals surface area contributed by atoms with E-state index in [9.17, 15) is 13.5 Å². The fourth-order valence-corrected chi connectivity index (χ4v) is 2.34. The Morgan fingerprint density at radius 2 is 1.93 bits per heavy atom. The van der Waals surface area contributed by atoms with Gasteiger partial charge in [-0.25, -0.2) is 13.1 Å². The lowest BCUT2D eigenvalue weighted by molar-refractivity contribution is 0.458. The molecule has 0 unspecified atom stereocenters. The molecule has 0 aliphatic carbocycles. The zero-order valence-electron chi connectivity index (χ0n) is 7.08. The average molecular weight is 256 g/mol. The number of benzene rings is 1. The molecule has 0 fully saturated rings. The first kappa shape index (κ1) is 11.6. The highest BCUT2D eigenvalue weighted by Crippen LogP contribution is 2.33. The van der Waals surface area contributed by atoms with Crippen LogP contribution >= 0.6 is 23.2 Å². The molecule has 2 N–H and O–H groups in total. The molecule has 0 heterocycles. The summed E-state index contributed by atoms with van der Waals surface area (Å²) >= 11 is 11.2. The highest BCUT2D eigenvalue weighted by Gasteiger charge is 2.19. The van der Waals surface area contributed by atoms with Gasteiger partial charge in [-0.2, -0.15) is 0 Å². The van der Waals surface area contributed by atoms with Crippen molar-refractivity contribution in [3.05, 3.63) is 22.2 Å². The largest absolute Gasteiger partial charge is 0.505 e. The number of phenolic OH excluding ortho intramolecular Hbond substituents is 1. The Kier molecular flexibility index (Phi) is 3.26. The predicted octanol–water partition coefficient (Wildman–Crippen LogP) is 1.61. The fraction of sp³-hybridized carbons (Fsp3) is 0.143. The van der Waals surface area contributed by atoms with Crippen LogP contribution in [-0.2, 0) is 10.0 Å². The van der Waals surface area contributed by atoms with E-state index < -0.39 is 15.8 Å². The molecular formula is C7H7Cl2NO3S. The van der Waals surface area contributed by atoms with Crippen molar-refractivity contribution in [2.75, 3.05) is 7.05 Å². The van der Waals surface area contributed by atoms with Crippen LogP contribution in [-0.4, -0.2) is 20.6 Å². The molecule has 0 aliphatic rings. The number of halogens is 2. The molecule has 1 rings (SSSR count). The molecule has 1 aromatic carbocycles. The van der Waals surface area contributed by atoms with Crippen LogP contribution in [0.3, 0.4) is 0 Å². The molecule has 0 spiro atoms. The number of rotatable bonds is 2. The lowest BCUT2D eigenvalue weighted by atomic mass is 10.3. The summed E-state index contributed by atoms with van der Waals surface area (Å²) in [6.07, 6.45) is 0. The topological polar surface area (TPSA) is 66.4 Å². The molecule has 7 heteroatoms. The van der Waals surface area contributed by atoms with Crippen LogP contribution in [0.1, 0.15) is 0 Å². The van der Waals surface area contributed by atoms with E-state index in [4.69, 9.17) is 23.2 Å². The first-order chi connectivity index (χ1) is 6.38. The van der Waals surface area contributed by atoms with E-state index in [1.165, 1.54) is 13.1 Å². The van der Waals surface area contributed by atoms with Crippen LogP contribution in [0.25, 0.3) is 0 Å². The first-order valence-electron chi connectivity index (χ1n) is 3.50. The molecule has 0 saturated carbocycles. The summed E-state index contributed by atoms with van der Waals surface area (Å²) in [6.45, 7) is 0. The molecule has 4 nitrogen and oxygen atoms in total. The number of hydrogen-bond donors (Lipinski definition) is 2. The summed E-state index contributed by atoms with van der Waals surface area (Å²) < 4.78 is 24.7. The van der Waals surface area contributed by atoms with Gasteiger partial charge in [0.05, 0.1) is 5.02 Å². The first-order valence-corrected chi connectivity index (χ1v) is 5.74. The number of hydrogen-bond acceptors (Lipinski definition) is 3. The SMILES string of the molecule is CNS(=O)(=O)c1cc(Cl)cc(Cl)c1O. The standard InChI is InChI=1S/C7H7Cl2NO3S/c1-10-14(12,13)6-3-4(8)2-5(9)7(6)11/h2-3,10-11H,1H3. The second-order valence-corrected chi connectivity index (χ2v) is 5.14. The summed E-state index contributed by atoms with van der Waals surface area (Å²) in [5.74, 6) is -0.509.